The number of anilines is 3. The quantitative estimate of drug-likeness (QED) is 0.199. The molecule has 0 saturated carbocycles. The van der Waals surface area contributed by atoms with Crippen LogP contribution in [0.25, 0.3) is 44.7 Å². The number of fused-ring (bicyclic) bond motifs is 3. The van der Waals surface area contributed by atoms with E-state index in [9.17, 15) is 5.11 Å². The van der Waals surface area contributed by atoms with Crippen LogP contribution < -0.4 is 4.90 Å². The molecule has 1 N–H and O–H groups in total. The van der Waals surface area contributed by atoms with Crippen molar-refractivity contribution in [3.8, 4) is 28.4 Å². The third kappa shape index (κ3) is 5.79. The topological polar surface area (TPSA) is 88.2 Å². The van der Waals surface area contributed by atoms with Crippen LogP contribution in [0.3, 0.4) is 0 Å². The molecule has 0 amide bonds. The van der Waals surface area contributed by atoms with Gasteiger partial charge < -0.3 is 9.52 Å². The molecule has 246 valence electrons. The zero-order valence-electron chi connectivity index (χ0n) is 29.3. The second-order valence-corrected chi connectivity index (χ2v) is 14.7. The molecular formula is C42H41N5O2. The fourth-order valence-corrected chi connectivity index (χ4v) is 6.44. The average molecular weight is 648 g/mol. The highest BCUT2D eigenvalue weighted by Gasteiger charge is 2.28. The molecule has 3 aromatic carbocycles. The molecule has 7 heteroatoms. The van der Waals surface area contributed by atoms with E-state index in [-0.39, 0.29) is 16.6 Å². The molecule has 7 aromatic rings. The van der Waals surface area contributed by atoms with Gasteiger partial charge >= 0.3 is 0 Å². The van der Waals surface area contributed by atoms with Crippen LogP contribution in [0.2, 0.25) is 0 Å². The fraction of sp³-hybridized carbons (Fsp3) is 0.238. The van der Waals surface area contributed by atoms with Gasteiger partial charge in [-0.05, 0) is 78.3 Å². The Morgan fingerprint density at radius 3 is 2.22 bits per heavy atom. The third-order valence-electron chi connectivity index (χ3n) is 9.05. The van der Waals surface area contributed by atoms with Crippen molar-refractivity contribution >= 4 is 39.3 Å². The summed E-state index contributed by atoms with van der Waals surface area (Å²) in [4.78, 5) is 21.8. The standard InChI is InChI=1S/C42H41N5O2/c1-25-19-21-43-26(2)37(25)47(34-18-11-12-20-44-34)29-15-13-14-27(22-29)36-35-30-16-9-10-17-33(30)49-40(35)46-39(45-36)31-23-28(41(3,4)5)24-32(38(31)48)42(6,7)8/h9-24,48H,1-8H3. The van der Waals surface area contributed by atoms with Crippen LogP contribution in [0.5, 0.6) is 5.75 Å². The van der Waals surface area contributed by atoms with Crippen LogP contribution in [0, 0.1) is 13.8 Å². The fourth-order valence-electron chi connectivity index (χ4n) is 6.44. The molecule has 7 nitrogen and oxygen atoms in total. The molecule has 0 spiro atoms. The minimum atomic E-state index is -0.307. The summed E-state index contributed by atoms with van der Waals surface area (Å²) in [6, 6.07) is 28.3. The Labute approximate surface area is 287 Å². The lowest BCUT2D eigenvalue weighted by molar-refractivity contribution is 0.446. The summed E-state index contributed by atoms with van der Waals surface area (Å²) in [5.41, 5.74) is 8.68. The van der Waals surface area contributed by atoms with Crippen LogP contribution in [0.1, 0.15) is 63.9 Å². The smallest absolute Gasteiger partial charge is 0.231 e. The molecule has 0 fully saturated rings. The number of hydrogen-bond donors (Lipinski definition) is 1. The van der Waals surface area contributed by atoms with E-state index in [0.717, 1.165) is 61.5 Å². The van der Waals surface area contributed by atoms with Crippen LogP contribution >= 0.6 is 0 Å². The molecule has 0 bridgehead atoms. The number of nitrogens with zero attached hydrogens (tertiary/aromatic N) is 5. The molecule has 0 aliphatic rings. The van der Waals surface area contributed by atoms with E-state index in [0.29, 0.717) is 22.8 Å². The molecule has 0 unspecified atom stereocenters. The Balaban J connectivity index is 1.52. The van der Waals surface area contributed by atoms with Gasteiger partial charge in [0.15, 0.2) is 5.82 Å². The number of furan rings is 1. The molecular weight excluding hydrogens is 606 g/mol. The van der Waals surface area contributed by atoms with E-state index in [1.165, 1.54) is 0 Å². The number of aromatic nitrogens is 4. The summed E-state index contributed by atoms with van der Waals surface area (Å²) in [6.07, 6.45) is 3.63. The molecule has 49 heavy (non-hydrogen) atoms. The number of aryl methyl sites for hydroxylation is 2. The zero-order chi connectivity index (χ0) is 34.7. The summed E-state index contributed by atoms with van der Waals surface area (Å²) in [5.74, 6) is 1.36. The van der Waals surface area contributed by atoms with Gasteiger partial charge in [-0.15, -0.1) is 0 Å². The second kappa shape index (κ2) is 11.8. The van der Waals surface area contributed by atoms with E-state index in [4.69, 9.17) is 19.4 Å². The van der Waals surface area contributed by atoms with Crippen molar-refractivity contribution in [1.82, 2.24) is 19.9 Å². The number of hydrogen-bond acceptors (Lipinski definition) is 7. The molecule has 0 aliphatic carbocycles. The Morgan fingerprint density at radius 2 is 1.51 bits per heavy atom. The molecule has 0 radical (unpaired) electrons. The van der Waals surface area contributed by atoms with Crippen molar-refractivity contribution in [3.05, 3.63) is 120 Å². The highest BCUT2D eigenvalue weighted by atomic mass is 16.3. The first-order chi connectivity index (χ1) is 23.3. The van der Waals surface area contributed by atoms with Gasteiger partial charge in [-0.2, -0.15) is 4.98 Å². The Hall–Kier alpha value is -5.56. The number of para-hydroxylation sites is 1. The number of rotatable bonds is 5. The van der Waals surface area contributed by atoms with Crippen LogP contribution in [-0.2, 0) is 10.8 Å². The van der Waals surface area contributed by atoms with Crippen LogP contribution in [0.4, 0.5) is 17.2 Å². The van der Waals surface area contributed by atoms with E-state index in [1.807, 2.05) is 73.8 Å². The van der Waals surface area contributed by atoms with E-state index in [2.05, 4.69) is 82.6 Å². The minimum Gasteiger partial charge on any atom is -0.507 e. The van der Waals surface area contributed by atoms with E-state index in [1.54, 1.807) is 6.20 Å². The maximum atomic E-state index is 11.8. The molecule has 7 rings (SSSR count). The van der Waals surface area contributed by atoms with Gasteiger partial charge in [-0.3, -0.25) is 9.88 Å². The van der Waals surface area contributed by atoms with E-state index >= 15 is 0 Å². The highest BCUT2D eigenvalue weighted by molar-refractivity contribution is 6.10. The molecule has 4 heterocycles. The largest absolute Gasteiger partial charge is 0.507 e. The Bertz CT molecular complexity index is 2330. The van der Waals surface area contributed by atoms with Crippen molar-refractivity contribution in [2.45, 2.75) is 66.2 Å². The summed E-state index contributed by atoms with van der Waals surface area (Å²) in [7, 11) is 0. The van der Waals surface area contributed by atoms with Gasteiger partial charge in [0.2, 0.25) is 5.71 Å². The summed E-state index contributed by atoms with van der Waals surface area (Å²) >= 11 is 0. The molecule has 0 saturated heterocycles. The number of aromatic hydroxyl groups is 1. The lowest BCUT2D eigenvalue weighted by atomic mass is 9.79. The maximum absolute atomic E-state index is 11.8. The maximum Gasteiger partial charge on any atom is 0.231 e. The van der Waals surface area contributed by atoms with Crippen molar-refractivity contribution in [1.29, 1.82) is 0 Å². The Kier molecular flexibility index (Phi) is 7.74. The Morgan fingerprint density at radius 1 is 0.735 bits per heavy atom. The highest BCUT2D eigenvalue weighted by Crippen LogP contribution is 2.44. The van der Waals surface area contributed by atoms with E-state index < -0.39 is 0 Å². The number of phenolic OH excluding ortho intramolecular Hbond substituents is 1. The van der Waals surface area contributed by atoms with Gasteiger partial charge in [0.1, 0.15) is 17.2 Å². The van der Waals surface area contributed by atoms with Crippen molar-refractivity contribution in [3.63, 3.8) is 0 Å². The molecule has 0 atom stereocenters. The first-order valence-electron chi connectivity index (χ1n) is 16.6. The van der Waals surface area contributed by atoms with Gasteiger partial charge in [-0.25, -0.2) is 9.97 Å². The van der Waals surface area contributed by atoms with Crippen LogP contribution in [0.15, 0.2) is 102 Å². The third-order valence-corrected chi connectivity index (χ3v) is 9.05. The van der Waals surface area contributed by atoms with Gasteiger partial charge in [-0.1, -0.05) is 84.0 Å². The van der Waals surface area contributed by atoms with Gasteiger partial charge in [0.25, 0.3) is 0 Å². The lowest BCUT2D eigenvalue weighted by Crippen LogP contribution is -2.17. The number of pyridine rings is 2. The molecule has 4 aromatic heterocycles. The van der Waals surface area contributed by atoms with Crippen molar-refractivity contribution in [2.24, 2.45) is 0 Å². The van der Waals surface area contributed by atoms with Crippen molar-refractivity contribution in [2.75, 3.05) is 4.90 Å². The van der Waals surface area contributed by atoms with Gasteiger partial charge in [0, 0.05) is 34.6 Å². The zero-order valence-corrected chi connectivity index (χ0v) is 29.3. The van der Waals surface area contributed by atoms with Crippen LogP contribution in [-0.4, -0.2) is 25.0 Å². The first kappa shape index (κ1) is 32.0. The summed E-state index contributed by atoms with van der Waals surface area (Å²) in [6.45, 7) is 17.0. The average Bonchev–Trinajstić information content (AvgIpc) is 3.44. The minimum absolute atomic E-state index is 0.166. The lowest BCUT2D eigenvalue weighted by Gasteiger charge is -2.27. The molecule has 0 aliphatic heterocycles. The SMILES string of the molecule is Cc1ccnc(C)c1N(c1cccc(-c2nc(-c3cc(C(C)(C)C)cc(C(C)(C)C)c3O)nc3oc4ccccc4c23)c1)c1ccccn1. The number of phenols is 1. The summed E-state index contributed by atoms with van der Waals surface area (Å²) < 4.78 is 6.40. The van der Waals surface area contributed by atoms with Gasteiger partial charge in [0.05, 0.1) is 28.0 Å². The summed E-state index contributed by atoms with van der Waals surface area (Å²) in [5, 5.41) is 13.6. The first-order valence-corrected chi connectivity index (χ1v) is 16.6. The monoisotopic (exact) mass is 647 g/mol. The predicted molar refractivity (Wildman–Crippen MR) is 199 cm³/mol. The number of benzene rings is 3. The van der Waals surface area contributed by atoms with Crippen molar-refractivity contribution < 1.29 is 9.52 Å². The normalized spacial score (nSPS) is 12.2. The predicted octanol–water partition coefficient (Wildman–Crippen LogP) is 10.9. The second-order valence-electron chi connectivity index (χ2n) is 14.7.